The molecule has 1 atom stereocenters. The number of carbonyl (C=O) groups is 1. The molecule has 0 aliphatic carbocycles. The number of halogens is 1. The van der Waals surface area contributed by atoms with Crippen LogP contribution in [-0.4, -0.2) is 36.5 Å². The molecule has 0 bridgehead atoms. The molecule has 1 N–H and O–H groups in total. The van der Waals surface area contributed by atoms with E-state index < -0.39 is 0 Å². The second kappa shape index (κ2) is 8.11. The Labute approximate surface area is 142 Å². The third kappa shape index (κ3) is 4.56. The maximum absolute atomic E-state index is 12.4. The first-order valence-electron chi connectivity index (χ1n) is 8.25. The summed E-state index contributed by atoms with van der Waals surface area (Å²) in [6, 6.07) is 7.99. The number of carbonyl (C=O) groups excluding carboxylic acids is 1. The van der Waals surface area contributed by atoms with E-state index in [1.807, 2.05) is 24.3 Å². The predicted octanol–water partition coefficient (Wildman–Crippen LogP) is 3.94. The summed E-state index contributed by atoms with van der Waals surface area (Å²) in [5.74, 6) is 1.37. The van der Waals surface area contributed by atoms with Gasteiger partial charge in [0, 0.05) is 17.1 Å². The Bertz CT molecular complexity index is 496. The fourth-order valence-electron chi connectivity index (χ4n) is 3.08. The van der Waals surface area contributed by atoms with Crippen molar-refractivity contribution in [2.45, 2.75) is 39.7 Å². The summed E-state index contributed by atoms with van der Waals surface area (Å²) >= 11 is 3.44. The fraction of sp³-hybridized carbons (Fsp3) is 0.611. The van der Waals surface area contributed by atoms with E-state index in [0.717, 1.165) is 23.5 Å². The van der Waals surface area contributed by atoms with Crippen molar-refractivity contribution in [3.8, 4) is 0 Å². The zero-order valence-corrected chi connectivity index (χ0v) is 15.4. The van der Waals surface area contributed by atoms with E-state index in [1.54, 1.807) is 0 Å². The number of rotatable bonds is 5. The standard InChI is InChI=1S/C18H27BrN2O/c1-13(2)17(21-10-8-14(3)9-11-21)12-20-18(22)15-6-4-5-7-16(15)19/h4-7,13-14,17H,8-12H2,1-3H3,(H,20,22)/t17-/m0/s1. The Morgan fingerprint density at radius 3 is 2.55 bits per heavy atom. The van der Waals surface area contributed by atoms with E-state index >= 15 is 0 Å². The van der Waals surface area contributed by atoms with Crippen LogP contribution in [0.25, 0.3) is 0 Å². The third-order valence-electron chi connectivity index (χ3n) is 4.65. The van der Waals surface area contributed by atoms with Gasteiger partial charge in [-0.2, -0.15) is 0 Å². The molecule has 0 radical (unpaired) electrons. The monoisotopic (exact) mass is 366 g/mol. The Kier molecular flexibility index (Phi) is 6.45. The van der Waals surface area contributed by atoms with Gasteiger partial charge in [-0.25, -0.2) is 0 Å². The number of hydrogen-bond donors (Lipinski definition) is 1. The van der Waals surface area contributed by atoms with E-state index in [-0.39, 0.29) is 5.91 Å². The van der Waals surface area contributed by atoms with Crippen molar-refractivity contribution in [1.82, 2.24) is 10.2 Å². The molecule has 122 valence electrons. The molecule has 4 heteroatoms. The normalized spacial score (nSPS) is 18.4. The number of benzene rings is 1. The topological polar surface area (TPSA) is 32.3 Å². The number of amides is 1. The van der Waals surface area contributed by atoms with E-state index in [2.05, 4.69) is 46.9 Å². The van der Waals surface area contributed by atoms with Gasteiger partial charge in [0.25, 0.3) is 5.91 Å². The van der Waals surface area contributed by atoms with Crippen LogP contribution < -0.4 is 5.32 Å². The first-order valence-corrected chi connectivity index (χ1v) is 9.05. The van der Waals surface area contributed by atoms with Crippen molar-refractivity contribution in [2.24, 2.45) is 11.8 Å². The quantitative estimate of drug-likeness (QED) is 0.855. The smallest absolute Gasteiger partial charge is 0.252 e. The van der Waals surface area contributed by atoms with Crippen LogP contribution >= 0.6 is 15.9 Å². The highest BCUT2D eigenvalue weighted by molar-refractivity contribution is 9.10. The zero-order chi connectivity index (χ0) is 16.1. The van der Waals surface area contributed by atoms with Crippen LogP contribution in [-0.2, 0) is 0 Å². The summed E-state index contributed by atoms with van der Waals surface area (Å²) in [4.78, 5) is 14.9. The minimum absolute atomic E-state index is 0.00324. The van der Waals surface area contributed by atoms with Crippen molar-refractivity contribution in [2.75, 3.05) is 19.6 Å². The number of hydrogen-bond acceptors (Lipinski definition) is 2. The summed E-state index contributed by atoms with van der Waals surface area (Å²) in [6.45, 7) is 9.83. The van der Waals surface area contributed by atoms with Gasteiger partial charge in [0.05, 0.1) is 5.56 Å². The second-order valence-corrected chi connectivity index (χ2v) is 7.57. The van der Waals surface area contributed by atoms with E-state index in [1.165, 1.54) is 12.8 Å². The molecule has 0 unspecified atom stereocenters. The molecule has 3 nitrogen and oxygen atoms in total. The minimum Gasteiger partial charge on any atom is -0.350 e. The largest absolute Gasteiger partial charge is 0.350 e. The van der Waals surface area contributed by atoms with Gasteiger partial charge in [0.2, 0.25) is 0 Å². The second-order valence-electron chi connectivity index (χ2n) is 6.72. The van der Waals surface area contributed by atoms with Gasteiger partial charge in [-0.3, -0.25) is 9.69 Å². The molecule has 1 aliphatic rings. The molecule has 0 aromatic heterocycles. The zero-order valence-electron chi connectivity index (χ0n) is 13.8. The average molecular weight is 367 g/mol. The fourth-order valence-corrected chi connectivity index (χ4v) is 3.55. The van der Waals surface area contributed by atoms with Gasteiger partial charge in [0.1, 0.15) is 0 Å². The third-order valence-corrected chi connectivity index (χ3v) is 5.34. The first-order chi connectivity index (χ1) is 10.5. The lowest BCUT2D eigenvalue weighted by molar-refractivity contribution is 0.0862. The molecule has 1 aromatic carbocycles. The molecular formula is C18H27BrN2O. The van der Waals surface area contributed by atoms with Crippen LogP contribution in [0.4, 0.5) is 0 Å². The van der Waals surface area contributed by atoms with Gasteiger partial charge in [-0.05, 0) is 65.8 Å². The van der Waals surface area contributed by atoms with Crippen molar-refractivity contribution in [3.05, 3.63) is 34.3 Å². The van der Waals surface area contributed by atoms with Crippen molar-refractivity contribution in [3.63, 3.8) is 0 Å². The van der Waals surface area contributed by atoms with Crippen LogP contribution in [0.15, 0.2) is 28.7 Å². The summed E-state index contributed by atoms with van der Waals surface area (Å²) in [6.07, 6.45) is 2.53. The minimum atomic E-state index is 0.00324. The van der Waals surface area contributed by atoms with E-state index in [9.17, 15) is 4.79 Å². The Morgan fingerprint density at radius 1 is 1.32 bits per heavy atom. The van der Waals surface area contributed by atoms with Crippen LogP contribution in [0.1, 0.15) is 44.0 Å². The van der Waals surface area contributed by atoms with Gasteiger partial charge in [-0.1, -0.05) is 32.9 Å². The van der Waals surface area contributed by atoms with Gasteiger partial charge < -0.3 is 5.32 Å². The molecular weight excluding hydrogens is 340 g/mol. The average Bonchev–Trinajstić information content (AvgIpc) is 2.49. The number of nitrogens with zero attached hydrogens (tertiary/aromatic N) is 1. The van der Waals surface area contributed by atoms with Crippen LogP contribution in [0, 0.1) is 11.8 Å². The first kappa shape index (κ1) is 17.5. The van der Waals surface area contributed by atoms with Crippen molar-refractivity contribution >= 4 is 21.8 Å². The molecule has 0 spiro atoms. The number of likely N-dealkylation sites (tertiary alicyclic amines) is 1. The summed E-state index contributed by atoms with van der Waals surface area (Å²) in [5, 5.41) is 3.12. The highest BCUT2D eigenvalue weighted by atomic mass is 79.9. The molecule has 2 rings (SSSR count). The summed E-state index contributed by atoms with van der Waals surface area (Å²) < 4.78 is 0.848. The predicted molar refractivity (Wildman–Crippen MR) is 95.1 cm³/mol. The molecule has 22 heavy (non-hydrogen) atoms. The number of nitrogens with one attached hydrogen (secondary N) is 1. The van der Waals surface area contributed by atoms with Gasteiger partial charge >= 0.3 is 0 Å². The van der Waals surface area contributed by atoms with Crippen LogP contribution in [0.5, 0.6) is 0 Å². The van der Waals surface area contributed by atoms with E-state index in [4.69, 9.17) is 0 Å². The molecule has 0 saturated carbocycles. The number of piperidine rings is 1. The van der Waals surface area contributed by atoms with Crippen molar-refractivity contribution < 1.29 is 4.79 Å². The summed E-state index contributed by atoms with van der Waals surface area (Å²) in [7, 11) is 0. The highest BCUT2D eigenvalue weighted by Crippen LogP contribution is 2.21. The van der Waals surface area contributed by atoms with Crippen molar-refractivity contribution in [1.29, 1.82) is 0 Å². The Morgan fingerprint density at radius 2 is 1.95 bits per heavy atom. The summed E-state index contributed by atoms with van der Waals surface area (Å²) in [5.41, 5.74) is 0.706. The van der Waals surface area contributed by atoms with E-state index in [0.29, 0.717) is 24.1 Å². The SMILES string of the molecule is CC1CCN([C@@H](CNC(=O)c2ccccc2Br)C(C)C)CC1. The molecule has 1 aromatic rings. The Hall–Kier alpha value is -0.870. The molecule has 1 heterocycles. The van der Waals surface area contributed by atoms with Gasteiger partial charge in [-0.15, -0.1) is 0 Å². The van der Waals surface area contributed by atoms with Crippen LogP contribution in [0.2, 0.25) is 0 Å². The lowest BCUT2D eigenvalue weighted by atomic mass is 9.94. The highest BCUT2D eigenvalue weighted by Gasteiger charge is 2.26. The maximum atomic E-state index is 12.4. The lowest BCUT2D eigenvalue weighted by Gasteiger charge is -2.38. The lowest BCUT2D eigenvalue weighted by Crippen LogP contribution is -2.49. The Balaban J connectivity index is 1.94. The molecule has 1 saturated heterocycles. The van der Waals surface area contributed by atoms with Crippen LogP contribution in [0.3, 0.4) is 0 Å². The van der Waals surface area contributed by atoms with Gasteiger partial charge in [0.15, 0.2) is 0 Å². The molecule has 1 amide bonds. The molecule has 1 fully saturated rings. The molecule has 1 aliphatic heterocycles. The maximum Gasteiger partial charge on any atom is 0.252 e.